The summed E-state index contributed by atoms with van der Waals surface area (Å²) in [5.41, 5.74) is 0.515. The van der Waals surface area contributed by atoms with Gasteiger partial charge in [-0.05, 0) is 12.8 Å². The van der Waals surface area contributed by atoms with E-state index in [0.717, 1.165) is 0 Å². The second-order valence-corrected chi connectivity index (χ2v) is 6.80. The van der Waals surface area contributed by atoms with Gasteiger partial charge in [-0.3, -0.25) is 0 Å². The van der Waals surface area contributed by atoms with Crippen LogP contribution in [0.5, 0.6) is 0 Å². The zero-order valence-electron chi connectivity index (χ0n) is 8.84. The molecule has 0 aliphatic heterocycles. The van der Waals surface area contributed by atoms with Gasteiger partial charge >= 0.3 is 8.80 Å². The topological polar surface area (TPSA) is 27.7 Å². The van der Waals surface area contributed by atoms with E-state index in [1.807, 2.05) is 0 Å². The van der Waals surface area contributed by atoms with E-state index in [4.69, 9.17) is 13.3 Å². The van der Waals surface area contributed by atoms with Crippen LogP contribution in [0.4, 0.5) is 0 Å². The van der Waals surface area contributed by atoms with Crippen LogP contribution in [0.15, 0.2) is 0 Å². The van der Waals surface area contributed by atoms with Crippen molar-refractivity contribution in [1.82, 2.24) is 0 Å². The zero-order valence-corrected chi connectivity index (χ0v) is 9.84. The van der Waals surface area contributed by atoms with Gasteiger partial charge in [-0.2, -0.15) is 0 Å². The summed E-state index contributed by atoms with van der Waals surface area (Å²) >= 11 is 0. The first kappa shape index (κ1) is 11.2. The van der Waals surface area contributed by atoms with Crippen LogP contribution >= 0.6 is 0 Å². The highest BCUT2D eigenvalue weighted by Crippen LogP contribution is 2.37. The summed E-state index contributed by atoms with van der Waals surface area (Å²) in [6.45, 7) is 0. The quantitative estimate of drug-likeness (QED) is 0.657. The third-order valence-corrected chi connectivity index (χ3v) is 6.24. The Balaban J connectivity index is 2.60. The van der Waals surface area contributed by atoms with E-state index < -0.39 is 8.80 Å². The maximum atomic E-state index is 5.47. The van der Waals surface area contributed by atoms with Gasteiger partial charge in [0.1, 0.15) is 0 Å². The summed E-state index contributed by atoms with van der Waals surface area (Å²) in [5.74, 6) is 0. The van der Waals surface area contributed by atoms with Gasteiger partial charge < -0.3 is 13.3 Å². The highest BCUT2D eigenvalue weighted by atomic mass is 28.4. The normalized spacial score (nSPS) is 20.5. The van der Waals surface area contributed by atoms with E-state index in [9.17, 15) is 0 Å². The molecular weight excluding hydrogens is 184 g/mol. The van der Waals surface area contributed by atoms with E-state index in [2.05, 4.69) is 0 Å². The maximum absolute atomic E-state index is 5.47. The molecule has 1 fully saturated rings. The number of hydrogen-bond donors (Lipinski definition) is 0. The molecule has 0 heterocycles. The molecule has 1 saturated carbocycles. The van der Waals surface area contributed by atoms with Crippen LogP contribution < -0.4 is 0 Å². The maximum Gasteiger partial charge on any atom is 0.503 e. The Morgan fingerprint density at radius 2 is 1.31 bits per heavy atom. The Morgan fingerprint density at radius 1 is 0.846 bits per heavy atom. The fourth-order valence-corrected chi connectivity index (χ4v) is 4.82. The van der Waals surface area contributed by atoms with Crippen LogP contribution in [0.1, 0.15) is 32.1 Å². The van der Waals surface area contributed by atoms with Crippen molar-refractivity contribution in [2.45, 2.75) is 37.6 Å². The van der Waals surface area contributed by atoms with E-state index >= 15 is 0 Å². The first-order chi connectivity index (χ1) is 6.29. The van der Waals surface area contributed by atoms with Gasteiger partial charge in [0.15, 0.2) is 0 Å². The lowest BCUT2D eigenvalue weighted by atomic mass is 10.0. The molecule has 0 atom stereocenters. The Morgan fingerprint density at radius 3 is 1.69 bits per heavy atom. The molecule has 13 heavy (non-hydrogen) atoms. The van der Waals surface area contributed by atoms with Crippen LogP contribution in [0.25, 0.3) is 0 Å². The second-order valence-electron chi connectivity index (χ2n) is 3.55. The fraction of sp³-hybridized carbons (Fsp3) is 1.00. The van der Waals surface area contributed by atoms with Crippen molar-refractivity contribution in [3.05, 3.63) is 0 Å². The predicted octanol–water partition coefficient (Wildman–Crippen LogP) is 2.20. The second kappa shape index (κ2) is 5.10. The summed E-state index contributed by atoms with van der Waals surface area (Å²) in [6.07, 6.45) is 6.31. The molecule has 78 valence electrons. The van der Waals surface area contributed by atoms with Gasteiger partial charge in [0.2, 0.25) is 0 Å². The predicted molar refractivity (Wildman–Crippen MR) is 53.6 cm³/mol. The van der Waals surface area contributed by atoms with E-state index in [1.54, 1.807) is 21.3 Å². The lowest BCUT2D eigenvalue weighted by Crippen LogP contribution is -2.48. The lowest BCUT2D eigenvalue weighted by Gasteiger charge is -2.34. The van der Waals surface area contributed by atoms with Crippen molar-refractivity contribution >= 4 is 8.80 Å². The van der Waals surface area contributed by atoms with Crippen LogP contribution in [-0.4, -0.2) is 30.1 Å². The third kappa shape index (κ3) is 2.31. The summed E-state index contributed by atoms with van der Waals surface area (Å²) in [5, 5.41) is 0. The highest BCUT2D eigenvalue weighted by Gasteiger charge is 2.47. The van der Waals surface area contributed by atoms with Crippen molar-refractivity contribution in [2.24, 2.45) is 0 Å². The monoisotopic (exact) mass is 204 g/mol. The van der Waals surface area contributed by atoms with Gasteiger partial charge in [0, 0.05) is 26.9 Å². The smallest absolute Gasteiger partial charge is 0.377 e. The van der Waals surface area contributed by atoms with Crippen molar-refractivity contribution in [2.75, 3.05) is 21.3 Å². The van der Waals surface area contributed by atoms with Gasteiger partial charge in [-0.25, -0.2) is 0 Å². The summed E-state index contributed by atoms with van der Waals surface area (Å²) in [4.78, 5) is 0. The molecular formula is C9H20O3Si. The van der Waals surface area contributed by atoms with E-state index in [1.165, 1.54) is 32.1 Å². The van der Waals surface area contributed by atoms with Crippen molar-refractivity contribution in [1.29, 1.82) is 0 Å². The number of rotatable bonds is 4. The molecule has 0 bridgehead atoms. The van der Waals surface area contributed by atoms with Crippen LogP contribution in [0.3, 0.4) is 0 Å². The molecule has 0 amide bonds. The fourth-order valence-electron chi connectivity index (χ4n) is 2.21. The minimum atomic E-state index is -2.32. The molecule has 0 aromatic rings. The van der Waals surface area contributed by atoms with Crippen LogP contribution in [0.2, 0.25) is 5.54 Å². The molecule has 0 aromatic heterocycles. The minimum absolute atomic E-state index is 0.515. The Bertz CT molecular complexity index is 134. The highest BCUT2D eigenvalue weighted by molar-refractivity contribution is 6.62. The lowest BCUT2D eigenvalue weighted by molar-refractivity contribution is 0.104. The Kier molecular flexibility index (Phi) is 4.38. The minimum Gasteiger partial charge on any atom is -0.377 e. The van der Waals surface area contributed by atoms with Crippen molar-refractivity contribution in [3.63, 3.8) is 0 Å². The first-order valence-corrected chi connectivity index (χ1v) is 6.74. The summed E-state index contributed by atoms with van der Waals surface area (Å²) in [7, 11) is 2.79. The average Bonchev–Trinajstić information content (AvgIpc) is 2.23. The summed E-state index contributed by atoms with van der Waals surface area (Å²) in [6, 6.07) is 0. The standard InChI is InChI=1S/C9H20O3Si/c1-10-13(11-2,12-3)9-7-5-4-6-8-9/h9H,4-8H2,1-3H3. The molecule has 0 aromatic carbocycles. The molecule has 1 rings (SSSR count). The average molecular weight is 204 g/mol. The van der Waals surface area contributed by atoms with Gasteiger partial charge in [-0.1, -0.05) is 19.3 Å². The van der Waals surface area contributed by atoms with Gasteiger partial charge in [-0.15, -0.1) is 0 Å². The molecule has 0 radical (unpaired) electrons. The molecule has 0 spiro atoms. The molecule has 4 heteroatoms. The van der Waals surface area contributed by atoms with Crippen LogP contribution in [0, 0.1) is 0 Å². The van der Waals surface area contributed by atoms with Gasteiger partial charge in [0.05, 0.1) is 0 Å². The molecule has 0 N–H and O–H groups in total. The molecule has 0 unspecified atom stereocenters. The zero-order chi connectivity index (χ0) is 9.73. The Labute approximate surface area is 81.7 Å². The van der Waals surface area contributed by atoms with Gasteiger partial charge in [0.25, 0.3) is 0 Å². The Hall–Kier alpha value is 0.0969. The van der Waals surface area contributed by atoms with Crippen molar-refractivity contribution in [3.8, 4) is 0 Å². The van der Waals surface area contributed by atoms with Crippen molar-refractivity contribution < 1.29 is 13.3 Å². The number of hydrogen-bond acceptors (Lipinski definition) is 3. The summed E-state index contributed by atoms with van der Waals surface area (Å²) < 4.78 is 16.4. The molecule has 0 saturated heterocycles. The molecule has 3 nitrogen and oxygen atoms in total. The molecule has 1 aliphatic carbocycles. The SMILES string of the molecule is CO[Si](OC)(OC)C1CCCCC1. The van der Waals surface area contributed by atoms with E-state index in [0.29, 0.717) is 5.54 Å². The third-order valence-electron chi connectivity index (χ3n) is 2.96. The first-order valence-electron chi connectivity index (χ1n) is 4.94. The largest absolute Gasteiger partial charge is 0.503 e. The van der Waals surface area contributed by atoms with Crippen LogP contribution in [-0.2, 0) is 13.3 Å². The van der Waals surface area contributed by atoms with E-state index in [-0.39, 0.29) is 0 Å². The molecule has 1 aliphatic rings.